The second-order valence-corrected chi connectivity index (χ2v) is 6.97. The summed E-state index contributed by atoms with van der Waals surface area (Å²) in [6, 6.07) is 9.29. The molecule has 102 valence electrons. The molecule has 2 rings (SSSR count). The fourth-order valence-corrected chi connectivity index (χ4v) is 4.28. The molecule has 0 aromatic heterocycles. The van der Waals surface area contributed by atoms with Gasteiger partial charge in [-0.05, 0) is 48.0 Å². The summed E-state index contributed by atoms with van der Waals surface area (Å²) in [4.78, 5) is 0. The van der Waals surface area contributed by atoms with Crippen molar-refractivity contribution < 1.29 is 0 Å². The van der Waals surface area contributed by atoms with E-state index in [9.17, 15) is 0 Å². The van der Waals surface area contributed by atoms with Crippen LogP contribution in [0.2, 0.25) is 6.55 Å². The highest BCUT2D eigenvalue weighted by molar-refractivity contribution is 6.44. The van der Waals surface area contributed by atoms with Crippen molar-refractivity contribution in [1.82, 2.24) is 0 Å². The highest BCUT2D eigenvalue weighted by Crippen LogP contribution is 2.35. The van der Waals surface area contributed by atoms with Crippen LogP contribution in [0, 0.1) is 0 Å². The maximum atomic E-state index is 2.45. The molecule has 0 radical (unpaired) electrons. The first-order chi connectivity index (χ1) is 9.30. The van der Waals surface area contributed by atoms with Gasteiger partial charge < -0.3 is 0 Å². The second-order valence-electron chi connectivity index (χ2n) is 5.41. The van der Waals surface area contributed by atoms with Gasteiger partial charge in [0.15, 0.2) is 0 Å². The maximum absolute atomic E-state index is 2.45. The largest absolute Gasteiger partial charge is 0.0808 e. The Bertz CT molecular complexity index is 477. The van der Waals surface area contributed by atoms with Gasteiger partial charge in [0, 0.05) is 9.52 Å². The summed E-state index contributed by atoms with van der Waals surface area (Å²) in [5, 5.41) is 1.77. The van der Waals surface area contributed by atoms with Gasteiger partial charge in [0.1, 0.15) is 0 Å². The Morgan fingerprint density at radius 2 is 1.84 bits per heavy atom. The molecule has 0 aliphatic heterocycles. The molecule has 1 aromatic rings. The van der Waals surface area contributed by atoms with Crippen LogP contribution in [-0.4, -0.2) is 9.52 Å². The molecule has 0 atom stereocenters. The van der Waals surface area contributed by atoms with E-state index in [4.69, 9.17) is 0 Å². The van der Waals surface area contributed by atoms with Crippen LogP contribution in [0.15, 0.2) is 41.1 Å². The SMILES string of the molecule is CCCCc1ccc(C2=CCC([SiH2]C)=C2CC)cc1. The molecule has 1 aromatic carbocycles. The van der Waals surface area contributed by atoms with Crippen LogP contribution < -0.4 is 0 Å². The Balaban J connectivity index is 2.17. The van der Waals surface area contributed by atoms with Gasteiger partial charge in [-0.3, -0.25) is 0 Å². The van der Waals surface area contributed by atoms with Crippen LogP contribution in [0.25, 0.3) is 5.57 Å². The van der Waals surface area contributed by atoms with Crippen LogP contribution >= 0.6 is 0 Å². The van der Waals surface area contributed by atoms with Crippen molar-refractivity contribution in [3.8, 4) is 0 Å². The smallest absolute Gasteiger partial charge is 0.0473 e. The highest BCUT2D eigenvalue weighted by atomic mass is 28.2. The van der Waals surface area contributed by atoms with Crippen molar-refractivity contribution in [2.24, 2.45) is 0 Å². The summed E-state index contributed by atoms with van der Waals surface area (Å²) in [5.74, 6) is 0. The van der Waals surface area contributed by atoms with E-state index < -0.39 is 0 Å². The summed E-state index contributed by atoms with van der Waals surface area (Å²) < 4.78 is 0. The minimum Gasteiger partial charge on any atom is -0.0808 e. The zero-order valence-corrected chi connectivity index (χ0v) is 14.0. The molecular formula is C18H26Si. The molecule has 0 heterocycles. The minimum absolute atomic E-state index is 0.00373. The fraction of sp³-hybridized carbons (Fsp3) is 0.444. The number of hydrogen-bond donors (Lipinski definition) is 0. The van der Waals surface area contributed by atoms with E-state index in [1.54, 1.807) is 10.8 Å². The van der Waals surface area contributed by atoms with Gasteiger partial charge in [0.05, 0.1) is 0 Å². The lowest BCUT2D eigenvalue weighted by Gasteiger charge is -2.10. The third-order valence-electron chi connectivity index (χ3n) is 4.17. The Hall–Kier alpha value is -1.08. The first-order valence-corrected chi connectivity index (χ1v) is 9.93. The van der Waals surface area contributed by atoms with Crippen molar-refractivity contribution in [3.05, 3.63) is 52.2 Å². The van der Waals surface area contributed by atoms with Gasteiger partial charge in [-0.2, -0.15) is 0 Å². The number of benzene rings is 1. The highest BCUT2D eigenvalue weighted by Gasteiger charge is 2.16. The average Bonchev–Trinajstić information content (AvgIpc) is 2.88. The molecule has 0 amide bonds. The van der Waals surface area contributed by atoms with E-state index in [0.29, 0.717) is 0 Å². The molecule has 0 nitrogen and oxygen atoms in total. The molecule has 0 bridgehead atoms. The molecule has 0 spiro atoms. The summed E-state index contributed by atoms with van der Waals surface area (Å²) >= 11 is 0. The van der Waals surface area contributed by atoms with Crippen LogP contribution in [0.3, 0.4) is 0 Å². The topological polar surface area (TPSA) is 0 Å². The Morgan fingerprint density at radius 3 is 2.42 bits per heavy atom. The van der Waals surface area contributed by atoms with Crippen molar-refractivity contribution in [2.45, 2.75) is 52.5 Å². The molecule has 0 saturated carbocycles. The Kier molecular flexibility index (Phi) is 5.21. The third-order valence-corrected chi connectivity index (χ3v) is 5.74. The van der Waals surface area contributed by atoms with Gasteiger partial charge >= 0.3 is 0 Å². The van der Waals surface area contributed by atoms with Crippen molar-refractivity contribution in [3.63, 3.8) is 0 Å². The van der Waals surface area contributed by atoms with E-state index in [1.165, 1.54) is 48.8 Å². The van der Waals surface area contributed by atoms with Gasteiger partial charge in [-0.25, -0.2) is 0 Å². The molecule has 0 fully saturated rings. The van der Waals surface area contributed by atoms with E-state index >= 15 is 0 Å². The van der Waals surface area contributed by atoms with Gasteiger partial charge in [0.25, 0.3) is 0 Å². The fourth-order valence-electron chi connectivity index (χ4n) is 2.98. The summed E-state index contributed by atoms with van der Waals surface area (Å²) in [7, 11) is 0.00373. The van der Waals surface area contributed by atoms with Gasteiger partial charge in [-0.1, -0.05) is 62.4 Å². The van der Waals surface area contributed by atoms with Gasteiger partial charge in [-0.15, -0.1) is 0 Å². The van der Waals surface area contributed by atoms with Crippen LogP contribution in [-0.2, 0) is 6.42 Å². The van der Waals surface area contributed by atoms with Crippen LogP contribution in [0.4, 0.5) is 0 Å². The lowest BCUT2D eigenvalue weighted by atomic mass is 9.97. The van der Waals surface area contributed by atoms with E-state index in [1.807, 2.05) is 0 Å². The number of unbranched alkanes of at least 4 members (excludes halogenated alkanes) is 1. The number of allylic oxidation sites excluding steroid dienone is 4. The zero-order valence-electron chi connectivity index (χ0n) is 12.6. The predicted octanol–water partition coefficient (Wildman–Crippen LogP) is 4.70. The molecule has 1 aliphatic carbocycles. The summed E-state index contributed by atoms with van der Waals surface area (Å²) in [5.41, 5.74) is 6.08. The summed E-state index contributed by atoms with van der Waals surface area (Å²) in [6.07, 6.45) is 8.66. The van der Waals surface area contributed by atoms with Crippen molar-refractivity contribution in [1.29, 1.82) is 0 Å². The monoisotopic (exact) mass is 270 g/mol. The van der Waals surface area contributed by atoms with Crippen LogP contribution in [0.1, 0.15) is 50.7 Å². The molecule has 0 unspecified atom stereocenters. The zero-order chi connectivity index (χ0) is 13.7. The molecular weight excluding hydrogens is 244 g/mol. The first-order valence-electron chi connectivity index (χ1n) is 7.80. The average molecular weight is 270 g/mol. The lowest BCUT2D eigenvalue weighted by Crippen LogP contribution is -1.94. The standard InChI is InChI=1S/C18H26Si/c1-4-6-7-14-8-10-15(11-9-14)17-12-13-18(19-3)16(17)5-2/h8-12H,4-7,13,19H2,1-3H3. The van der Waals surface area contributed by atoms with Crippen molar-refractivity contribution >= 4 is 15.1 Å². The third kappa shape index (κ3) is 3.27. The molecule has 1 heteroatoms. The first kappa shape index (κ1) is 14.3. The van der Waals surface area contributed by atoms with Crippen LogP contribution in [0.5, 0.6) is 0 Å². The maximum Gasteiger partial charge on any atom is 0.0473 e. The Morgan fingerprint density at radius 1 is 1.11 bits per heavy atom. The number of rotatable bonds is 6. The lowest BCUT2D eigenvalue weighted by molar-refractivity contribution is 0.795. The number of hydrogen-bond acceptors (Lipinski definition) is 0. The van der Waals surface area contributed by atoms with E-state index in [-0.39, 0.29) is 9.52 Å². The quantitative estimate of drug-likeness (QED) is 0.657. The molecule has 19 heavy (non-hydrogen) atoms. The molecule has 0 saturated heterocycles. The second kappa shape index (κ2) is 6.90. The minimum atomic E-state index is 0.00373. The predicted molar refractivity (Wildman–Crippen MR) is 89.4 cm³/mol. The van der Waals surface area contributed by atoms with E-state index in [0.717, 1.165) is 0 Å². The Labute approximate surface area is 120 Å². The number of aryl methyl sites for hydroxylation is 1. The summed E-state index contributed by atoms with van der Waals surface area (Å²) in [6.45, 7) is 6.97. The van der Waals surface area contributed by atoms with Crippen molar-refractivity contribution in [2.75, 3.05) is 0 Å². The van der Waals surface area contributed by atoms with E-state index in [2.05, 4.69) is 50.7 Å². The molecule has 1 aliphatic rings. The molecule has 0 N–H and O–H groups in total. The normalized spacial score (nSPS) is 15.6. The van der Waals surface area contributed by atoms with Gasteiger partial charge in [0.2, 0.25) is 0 Å².